The van der Waals surface area contributed by atoms with Crippen LogP contribution < -0.4 is 10.4 Å². The highest BCUT2D eigenvalue weighted by Crippen LogP contribution is 2.35. The summed E-state index contributed by atoms with van der Waals surface area (Å²) in [4.78, 5) is 23.7. The summed E-state index contributed by atoms with van der Waals surface area (Å²) in [5.74, 6) is 1.19. The first-order valence-corrected chi connectivity index (χ1v) is 12.6. The van der Waals surface area contributed by atoms with Crippen LogP contribution in [0, 0.1) is 9.49 Å². The van der Waals surface area contributed by atoms with Gasteiger partial charge in [-0.05, 0) is 71.3 Å². The lowest BCUT2D eigenvalue weighted by molar-refractivity contribution is 0.201. The number of imidazole rings is 2. The molecule has 0 aliphatic heterocycles. The van der Waals surface area contributed by atoms with Gasteiger partial charge in [-0.3, -0.25) is 4.57 Å². The number of benzene rings is 2. The minimum absolute atomic E-state index is 0.0831. The van der Waals surface area contributed by atoms with E-state index in [2.05, 4.69) is 37.5 Å². The molecule has 2 aromatic heterocycles. The molecular weight excluding hydrogens is 583 g/mol. The summed E-state index contributed by atoms with van der Waals surface area (Å²) in [7, 11) is 0. The molecular formula is C25H26ClIN4O4. The van der Waals surface area contributed by atoms with E-state index in [-0.39, 0.29) is 25.0 Å². The Morgan fingerprint density at radius 1 is 1.17 bits per heavy atom. The Balaban J connectivity index is 1.71. The molecule has 0 aliphatic rings. The molecule has 10 heteroatoms. The Bertz CT molecular complexity index is 1360. The summed E-state index contributed by atoms with van der Waals surface area (Å²) in [6.07, 6.45) is 2.27. The average Bonchev–Trinajstić information content (AvgIpc) is 3.41. The molecule has 2 aromatic carbocycles. The van der Waals surface area contributed by atoms with Gasteiger partial charge in [0, 0.05) is 14.7 Å². The van der Waals surface area contributed by atoms with Crippen molar-refractivity contribution in [1.29, 1.82) is 0 Å². The van der Waals surface area contributed by atoms with Crippen LogP contribution in [0.3, 0.4) is 0 Å². The zero-order valence-corrected chi connectivity index (χ0v) is 22.2. The Kier molecular flexibility index (Phi) is 7.88. The number of aromatic hydroxyl groups is 1. The summed E-state index contributed by atoms with van der Waals surface area (Å²) in [6.45, 7) is 4.20. The predicted octanol–water partition coefficient (Wildman–Crippen LogP) is 5.20. The highest BCUT2D eigenvalue weighted by atomic mass is 127. The molecule has 0 saturated heterocycles. The van der Waals surface area contributed by atoms with Crippen LogP contribution >= 0.6 is 34.2 Å². The monoisotopic (exact) mass is 608 g/mol. The SMILES string of the molecule is CC(C)C[C@@H](c1ncc(-c2ccc(I)cc2Cl)[nH]1)n1c(O)c(-c2ccc(OCCO)cc2)[nH]c1=O. The molecule has 0 fully saturated rings. The van der Waals surface area contributed by atoms with Crippen molar-refractivity contribution in [2.45, 2.75) is 26.3 Å². The maximum absolute atomic E-state index is 13.0. The Morgan fingerprint density at radius 3 is 2.57 bits per heavy atom. The number of H-pyrrole nitrogens is 2. The van der Waals surface area contributed by atoms with Crippen molar-refractivity contribution in [3.63, 3.8) is 0 Å². The second-order valence-corrected chi connectivity index (χ2v) is 10.2. The summed E-state index contributed by atoms with van der Waals surface area (Å²) in [5.41, 5.74) is 2.05. The van der Waals surface area contributed by atoms with Gasteiger partial charge in [0.15, 0.2) is 0 Å². The zero-order chi connectivity index (χ0) is 25.1. The van der Waals surface area contributed by atoms with Gasteiger partial charge in [-0.1, -0.05) is 31.5 Å². The van der Waals surface area contributed by atoms with Crippen LogP contribution in [0.15, 0.2) is 53.5 Å². The van der Waals surface area contributed by atoms with Gasteiger partial charge in [-0.15, -0.1) is 0 Å². The van der Waals surface area contributed by atoms with Crippen molar-refractivity contribution < 1.29 is 14.9 Å². The van der Waals surface area contributed by atoms with E-state index in [0.29, 0.717) is 34.3 Å². The van der Waals surface area contributed by atoms with E-state index in [4.69, 9.17) is 21.4 Å². The fourth-order valence-electron chi connectivity index (χ4n) is 3.95. The average molecular weight is 609 g/mol. The zero-order valence-electron chi connectivity index (χ0n) is 19.3. The molecule has 8 nitrogen and oxygen atoms in total. The molecule has 0 aliphatic carbocycles. The molecule has 2 heterocycles. The van der Waals surface area contributed by atoms with Gasteiger partial charge in [0.05, 0.1) is 29.6 Å². The minimum atomic E-state index is -0.518. The molecule has 184 valence electrons. The van der Waals surface area contributed by atoms with Crippen molar-refractivity contribution in [2.75, 3.05) is 13.2 Å². The molecule has 35 heavy (non-hydrogen) atoms. The third kappa shape index (κ3) is 5.57. The van der Waals surface area contributed by atoms with Gasteiger partial charge < -0.3 is 24.9 Å². The number of aromatic nitrogens is 4. The smallest absolute Gasteiger partial charge is 0.329 e. The van der Waals surface area contributed by atoms with Crippen LogP contribution in [0.5, 0.6) is 11.6 Å². The van der Waals surface area contributed by atoms with Gasteiger partial charge >= 0.3 is 5.69 Å². The lowest BCUT2D eigenvalue weighted by atomic mass is 10.0. The van der Waals surface area contributed by atoms with Crippen molar-refractivity contribution in [1.82, 2.24) is 19.5 Å². The van der Waals surface area contributed by atoms with Crippen LogP contribution in [0.25, 0.3) is 22.5 Å². The van der Waals surface area contributed by atoms with Crippen molar-refractivity contribution in [3.8, 4) is 34.1 Å². The van der Waals surface area contributed by atoms with Gasteiger partial charge in [0.2, 0.25) is 5.88 Å². The number of aromatic amines is 2. The summed E-state index contributed by atoms with van der Waals surface area (Å²) < 4.78 is 7.75. The molecule has 4 aromatic rings. The predicted molar refractivity (Wildman–Crippen MR) is 144 cm³/mol. The molecule has 0 unspecified atom stereocenters. The normalized spacial score (nSPS) is 12.3. The maximum Gasteiger partial charge on any atom is 0.329 e. The largest absolute Gasteiger partial charge is 0.493 e. The molecule has 0 spiro atoms. The van der Waals surface area contributed by atoms with E-state index in [9.17, 15) is 9.90 Å². The van der Waals surface area contributed by atoms with E-state index in [0.717, 1.165) is 14.8 Å². The first kappa shape index (κ1) is 25.3. The van der Waals surface area contributed by atoms with E-state index in [1.54, 1.807) is 30.5 Å². The van der Waals surface area contributed by atoms with Gasteiger partial charge in [-0.25, -0.2) is 9.78 Å². The highest BCUT2D eigenvalue weighted by Gasteiger charge is 2.27. The molecule has 4 rings (SSSR count). The lowest BCUT2D eigenvalue weighted by Crippen LogP contribution is -2.25. The summed E-state index contributed by atoms with van der Waals surface area (Å²) >= 11 is 8.64. The molecule has 0 saturated carbocycles. The van der Waals surface area contributed by atoms with E-state index >= 15 is 0 Å². The lowest BCUT2D eigenvalue weighted by Gasteiger charge is -2.19. The fourth-order valence-corrected chi connectivity index (χ4v) is 4.91. The van der Waals surface area contributed by atoms with Crippen molar-refractivity contribution >= 4 is 34.2 Å². The molecule has 4 N–H and O–H groups in total. The third-order valence-corrected chi connectivity index (χ3v) is 6.53. The van der Waals surface area contributed by atoms with Gasteiger partial charge in [-0.2, -0.15) is 0 Å². The van der Waals surface area contributed by atoms with Crippen LogP contribution in [0.2, 0.25) is 5.02 Å². The number of hydrogen-bond donors (Lipinski definition) is 4. The number of rotatable bonds is 9. The molecule has 0 bridgehead atoms. The maximum atomic E-state index is 13.0. The number of nitrogens with one attached hydrogen (secondary N) is 2. The van der Waals surface area contributed by atoms with Crippen LogP contribution in [0.4, 0.5) is 0 Å². The van der Waals surface area contributed by atoms with Gasteiger partial charge in [0.25, 0.3) is 0 Å². The number of halogens is 2. The van der Waals surface area contributed by atoms with Crippen LogP contribution in [-0.4, -0.2) is 42.9 Å². The number of nitrogens with zero attached hydrogens (tertiary/aromatic N) is 2. The number of aliphatic hydroxyl groups excluding tert-OH is 1. The fraction of sp³-hybridized carbons (Fsp3) is 0.280. The topological polar surface area (TPSA) is 116 Å². The summed E-state index contributed by atoms with van der Waals surface area (Å²) in [6, 6.07) is 12.2. The third-order valence-electron chi connectivity index (χ3n) is 5.54. The number of ether oxygens (including phenoxy) is 1. The van der Waals surface area contributed by atoms with Crippen molar-refractivity contribution in [3.05, 3.63) is 73.6 Å². The Hall–Kier alpha value is -2.76. The Labute approximate surface area is 221 Å². The first-order chi connectivity index (χ1) is 16.8. The standard InChI is InChI=1S/C25H26ClIN4O4/c1-14(2)11-21(23-28-13-20(29-23)18-8-5-16(27)12-19(18)26)31-24(33)22(30-25(31)34)15-3-6-17(7-4-15)35-10-9-32/h3-8,12-14,21,32-33H,9-11H2,1-2H3,(H,28,29)(H,30,34)/t21-/m0/s1. The minimum Gasteiger partial charge on any atom is -0.493 e. The Morgan fingerprint density at radius 2 is 1.91 bits per heavy atom. The molecule has 0 amide bonds. The van der Waals surface area contributed by atoms with E-state index in [1.165, 1.54) is 4.57 Å². The summed E-state index contributed by atoms with van der Waals surface area (Å²) in [5, 5.41) is 20.6. The van der Waals surface area contributed by atoms with E-state index < -0.39 is 11.7 Å². The molecule has 0 radical (unpaired) electrons. The van der Waals surface area contributed by atoms with Crippen molar-refractivity contribution in [2.24, 2.45) is 5.92 Å². The second kappa shape index (κ2) is 10.9. The van der Waals surface area contributed by atoms with Gasteiger partial charge in [0.1, 0.15) is 23.9 Å². The van der Waals surface area contributed by atoms with E-state index in [1.807, 2.05) is 32.0 Å². The first-order valence-electron chi connectivity index (χ1n) is 11.2. The number of hydrogen-bond acceptors (Lipinski definition) is 5. The van der Waals surface area contributed by atoms with Crippen LogP contribution in [-0.2, 0) is 0 Å². The quantitative estimate of drug-likeness (QED) is 0.195. The second-order valence-electron chi connectivity index (χ2n) is 8.55. The highest BCUT2D eigenvalue weighted by molar-refractivity contribution is 14.1. The van der Waals surface area contributed by atoms with Crippen LogP contribution in [0.1, 0.15) is 32.1 Å². The number of aliphatic hydroxyl groups is 1. The molecule has 1 atom stereocenters.